The molecule has 0 fully saturated rings. The van der Waals surface area contributed by atoms with Gasteiger partial charge in [-0.2, -0.15) is 0 Å². The number of nitrogens with zero attached hydrogens (tertiary/aromatic N) is 1. The normalized spacial score (nSPS) is 10.4. The van der Waals surface area contributed by atoms with E-state index in [9.17, 15) is 14.0 Å². The van der Waals surface area contributed by atoms with Gasteiger partial charge in [-0.15, -0.1) is 0 Å². The van der Waals surface area contributed by atoms with E-state index in [4.69, 9.17) is 5.11 Å². The number of hydrogen-bond donors (Lipinski definition) is 2. The first-order chi connectivity index (χ1) is 9.99. The second kappa shape index (κ2) is 6.45. The van der Waals surface area contributed by atoms with Crippen LogP contribution in [0.25, 0.3) is 0 Å². The molecular weight excluding hydrogens is 295 g/mol. The summed E-state index contributed by atoms with van der Waals surface area (Å²) in [5.41, 5.74) is 0.313. The first-order valence-electron chi connectivity index (χ1n) is 6.21. The molecule has 0 saturated heterocycles. The van der Waals surface area contributed by atoms with Crippen LogP contribution in [0.2, 0.25) is 0 Å². The van der Waals surface area contributed by atoms with E-state index in [1.165, 1.54) is 13.0 Å². The molecular formula is C14H13FN2O3S. The van der Waals surface area contributed by atoms with Crippen molar-refractivity contribution in [2.45, 2.75) is 13.3 Å². The van der Waals surface area contributed by atoms with Crippen molar-refractivity contribution < 1.29 is 19.1 Å². The smallest absolute Gasteiger partial charge is 0.356 e. The fourth-order valence-corrected chi connectivity index (χ4v) is 2.66. The third kappa shape index (κ3) is 3.63. The zero-order valence-corrected chi connectivity index (χ0v) is 12.0. The number of aromatic nitrogens is 1. The van der Waals surface area contributed by atoms with E-state index in [0.717, 1.165) is 11.3 Å². The van der Waals surface area contributed by atoms with Gasteiger partial charge in [0.2, 0.25) is 0 Å². The Morgan fingerprint density at radius 2 is 2.10 bits per heavy atom. The summed E-state index contributed by atoms with van der Waals surface area (Å²) >= 11 is 0.989. The number of ketones is 1. The molecule has 0 unspecified atom stereocenters. The molecule has 1 aromatic carbocycles. The second-order valence-corrected chi connectivity index (χ2v) is 5.33. The summed E-state index contributed by atoms with van der Waals surface area (Å²) in [7, 11) is 0. The Bertz CT molecular complexity index is 653. The Balaban J connectivity index is 2.04. The number of rotatable bonds is 6. The Morgan fingerprint density at radius 1 is 1.38 bits per heavy atom. The van der Waals surface area contributed by atoms with Crippen LogP contribution < -0.4 is 5.32 Å². The number of carbonyl (C=O) groups excluding carboxylic acids is 1. The van der Waals surface area contributed by atoms with Gasteiger partial charge in [0.15, 0.2) is 16.6 Å². The van der Waals surface area contributed by atoms with Gasteiger partial charge in [-0.25, -0.2) is 14.2 Å². The topological polar surface area (TPSA) is 79.3 Å². The summed E-state index contributed by atoms with van der Waals surface area (Å²) in [5.74, 6) is -1.86. The molecule has 0 saturated carbocycles. The molecule has 2 aromatic rings. The van der Waals surface area contributed by atoms with Crippen molar-refractivity contribution in [1.29, 1.82) is 0 Å². The Labute approximate surface area is 124 Å². The van der Waals surface area contributed by atoms with Crippen molar-refractivity contribution in [2.75, 3.05) is 11.9 Å². The minimum Gasteiger partial charge on any atom is -0.476 e. The zero-order valence-electron chi connectivity index (χ0n) is 11.2. The quantitative estimate of drug-likeness (QED) is 0.802. The molecule has 1 aromatic heterocycles. The van der Waals surface area contributed by atoms with Gasteiger partial charge in [0.25, 0.3) is 0 Å². The number of aromatic carboxylic acids is 1. The number of carbonyl (C=O) groups is 2. The van der Waals surface area contributed by atoms with Gasteiger partial charge in [-0.1, -0.05) is 29.5 Å². The van der Waals surface area contributed by atoms with Gasteiger partial charge in [-0.3, -0.25) is 4.79 Å². The summed E-state index contributed by atoms with van der Waals surface area (Å²) in [4.78, 5) is 26.3. The Morgan fingerprint density at radius 3 is 2.67 bits per heavy atom. The van der Waals surface area contributed by atoms with E-state index in [1.807, 2.05) is 0 Å². The van der Waals surface area contributed by atoms with Crippen molar-refractivity contribution in [1.82, 2.24) is 4.98 Å². The fourth-order valence-electron chi connectivity index (χ4n) is 1.78. The molecule has 21 heavy (non-hydrogen) atoms. The van der Waals surface area contributed by atoms with Gasteiger partial charge >= 0.3 is 5.97 Å². The summed E-state index contributed by atoms with van der Waals surface area (Å²) < 4.78 is 13.4. The number of benzene rings is 1. The molecule has 2 N–H and O–H groups in total. The van der Waals surface area contributed by atoms with E-state index in [1.54, 1.807) is 18.2 Å². The molecule has 0 aliphatic rings. The van der Waals surface area contributed by atoms with Crippen molar-refractivity contribution in [3.05, 3.63) is 46.2 Å². The van der Waals surface area contributed by atoms with E-state index < -0.39 is 5.97 Å². The van der Waals surface area contributed by atoms with Gasteiger partial charge in [0.1, 0.15) is 10.7 Å². The second-order valence-electron chi connectivity index (χ2n) is 4.33. The number of thiazole rings is 1. The molecule has 0 amide bonds. The maximum absolute atomic E-state index is 13.4. The standard InChI is InChI=1S/C14H13FN2O3S/c1-8(18)12-11(13(19)20)17-14(21-12)16-7-6-9-4-2-3-5-10(9)15/h2-5H,6-7H2,1H3,(H,16,17)(H,19,20). The van der Waals surface area contributed by atoms with Gasteiger partial charge in [0, 0.05) is 13.5 Å². The van der Waals surface area contributed by atoms with Gasteiger partial charge in [-0.05, 0) is 18.1 Å². The molecule has 0 radical (unpaired) electrons. The molecule has 2 rings (SSSR count). The van der Waals surface area contributed by atoms with Crippen molar-refractivity contribution in [3.63, 3.8) is 0 Å². The SMILES string of the molecule is CC(=O)c1sc(NCCc2ccccc2F)nc1C(=O)O. The molecule has 0 bridgehead atoms. The number of carboxylic acid groups (broad SMARTS) is 1. The number of halogens is 1. The van der Waals surface area contributed by atoms with Crippen LogP contribution in [0.15, 0.2) is 24.3 Å². The lowest BCUT2D eigenvalue weighted by Crippen LogP contribution is -2.07. The van der Waals surface area contributed by atoms with Crippen LogP contribution in [0.5, 0.6) is 0 Å². The van der Waals surface area contributed by atoms with Crippen LogP contribution in [0, 0.1) is 5.82 Å². The third-order valence-electron chi connectivity index (χ3n) is 2.78. The molecule has 1 heterocycles. The average Bonchev–Trinajstić information content (AvgIpc) is 2.85. The molecule has 0 aliphatic carbocycles. The zero-order chi connectivity index (χ0) is 15.4. The van der Waals surface area contributed by atoms with Crippen molar-refractivity contribution >= 4 is 28.2 Å². The maximum Gasteiger partial charge on any atom is 0.356 e. The van der Waals surface area contributed by atoms with E-state index in [-0.39, 0.29) is 22.2 Å². The predicted molar refractivity (Wildman–Crippen MR) is 77.7 cm³/mol. The Kier molecular flexibility index (Phi) is 4.64. The first kappa shape index (κ1) is 15.1. The highest BCUT2D eigenvalue weighted by Crippen LogP contribution is 2.23. The van der Waals surface area contributed by atoms with Crippen LogP contribution >= 0.6 is 11.3 Å². The van der Waals surface area contributed by atoms with Crippen LogP contribution in [-0.4, -0.2) is 28.4 Å². The minimum absolute atomic E-state index is 0.107. The van der Waals surface area contributed by atoms with Gasteiger partial charge < -0.3 is 10.4 Å². The molecule has 7 heteroatoms. The number of Topliss-reactive ketones (excluding diaryl/α,β-unsaturated/α-hetero) is 1. The highest BCUT2D eigenvalue weighted by molar-refractivity contribution is 7.17. The van der Waals surface area contributed by atoms with Crippen LogP contribution in [0.4, 0.5) is 9.52 Å². The Hall–Kier alpha value is -2.28. The number of carboxylic acids is 1. The maximum atomic E-state index is 13.4. The lowest BCUT2D eigenvalue weighted by atomic mass is 10.1. The minimum atomic E-state index is -1.24. The summed E-state index contributed by atoms with van der Waals surface area (Å²) in [5, 5.41) is 12.2. The molecule has 0 spiro atoms. The number of nitrogens with one attached hydrogen (secondary N) is 1. The molecule has 0 atom stereocenters. The first-order valence-corrected chi connectivity index (χ1v) is 7.03. The number of anilines is 1. The summed E-state index contributed by atoms with van der Waals surface area (Å²) in [6, 6.07) is 6.43. The monoisotopic (exact) mass is 308 g/mol. The lowest BCUT2D eigenvalue weighted by molar-refractivity contribution is 0.0687. The molecule has 0 aliphatic heterocycles. The highest BCUT2D eigenvalue weighted by Gasteiger charge is 2.20. The van der Waals surface area contributed by atoms with Crippen molar-refractivity contribution in [3.8, 4) is 0 Å². The van der Waals surface area contributed by atoms with Crippen LogP contribution in [-0.2, 0) is 6.42 Å². The fraction of sp³-hybridized carbons (Fsp3) is 0.214. The van der Waals surface area contributed by atoms with Gasteiger partial charge in [0.05, 0.1) is 0 Å². The average molecular weight is 308 g/mol. The lowest BCUT2D eigenvalue weighted by Gasteiger charge is -2.03. The molecule has 5 nitrogen and oxygen atoms in total. The predicted octanol–water partition coefficient (Wildman–Crippen LogP) is 2.84. The largest absolute Gasteiger partial charge is 0.476 e. The van der Waals surface area contributed by atoms with E-state index >= 15 is 0 Å². The number of hydrogen-bond acceptors (Lipinski definition) is 5. The van der Waals surface area contributed by atoms with Crippen LogP contribution in [0.1, 0.15) is 32.6 Å². The summed E-state index contributed by atoms with van der Waals surface area (Å²) in [6.07, 6.45) is 0.435. The highest BCUT2D eigenvalue weighted by atomic mass is 32.1. The molecule has 110 valence electrons. The van der Waals surface area contributed by atoms with Crippen LogP contribution in [0.3, 0.4) is 0 Å². The van der Waals surface area contributed by atoms with Crippen molar-refractivity contribution in [2.24, 2.45) is 0 Å². The van der Waals surface area contributed by atoms with E-state index in [2.05, 4.69) is 10.3 Å². The summed E-state index contributed by atoms with van der Waals surface area (Å²) in [6.45, 7) is 1.69. The third-order valence-corrected chi connectivity index (χ3v) is 3.89. The van der Waals surface area contributed by atoms with E-state index in [0.29, 0.717) is 23.7 Å².